The minimum absolute atomic E-state index is 0.0303. The maximum atomic E-state index is 14.1. The van der Waals surface area contributed by atoms with Crippen molar-refractivity contribution in [3.8, 4) is 0 Å². The Morgan fingerprint density at radius 1 is 0.938 bits per heavy atom. The molecule has 4 heteroatoms. The molecular weight excluding hydrogens is 396 g/mol. The number of ketones is 1. The van der Waals surface area contributed by atoms with E-state index in [1.807, 2.05) is 60.7 Å². The van der Waals surface area contributed by atoms with Crippen molar-refractivity contribution in [1.82, 2.24) is 4.98 Å². The van der Waals surface area contributed by atoms with Gasteiger partial charge < -0.3 is 4.84 Å². The molecule has 0 amide bonds. The number of benzene rings is 3. The van der Waals surface area contributed by atoms with Gasteiger partial charge in [0.1, 0.15) is 0 Å². The summed E-state index contributed by atoms with van der Waals surface area (Å²) in [6, 6.07) is 28.3. The van der Waals surface area contributed by atoms with Crippen LogP contribution in [-0.4, -0.2) is 22.1 Å². The monoisotopic (exact) mass is 418 g/mol. The van der Waals surface area contributed by atoms with E-state index in [-0.39, 0.29) is 11.7 Å². The first-order chi connectivity index (χ1) is 15.7. The second kappa shape index (κ2) is 7.13. The molecule has 1 aliphatic carbocycles. The average molecular weight is 418 g/mol. The molecule has 32 heavy (non-hydrogen) atoms. The lowest BCUT2D eigenvalue weighted by Gasteiger charge is -2.35. The highest BCUT2D eigenvalue weighted by Crippen LogP contribution is 2.47. The number of pyridine rings is 1. The molecule has 1 aromatic heterocycles. The van der Waals surface area contributed by atoms with Gasteiger partial charge in [0.2, 0.25) is 11.4 Å². The second-order valence-corrected chi connectivity index (χ2v) is 8.67. The first-order valence-electron chi connectivity index (χ1n) is 11.0. The number of Topliss-reactive ketones (excluding diaryl/α,β-unsaturated/α-hetero) is 1. The third kappa shape index (κ3) is 2.79. The maximum Gasteiger partial charge on any atom is 0.212 e. The molecule has 0 radical (unpaired) electrons. The molecule has 0 unspecified atom stereocenters. The number of hydrogen-bond donors (Lipinski definition) is 0. The minimum atomic E-state index is -1.06. The minimum Gasteiger partial charge on any atom is -0.379 e. The fourth-order valence-corrected chi connectivity index (χ4v) is 5.02. The number of carbonyl (C=O) groups is 1. The summed E-state index contributed by atoms with van der Waals surface area (Å²) in [5, 5.41) is 5.49. The molecule has 0 saturated carbocycles. The molecule has 0 fully saturated rings. The molecule has 0 N–H and O–H groups in total. The number of rotatable bonds is 2. The van der Waals surface area contributed by atoms with Crippen LogP contribution in [-0.2, 0) is 11.3 Å². The Kier molecular flexibility index (Phi) is 4.22. The molecule has 1 aliphatic heterocycles. The van der Waals surface area contributed by atoms with Crippen LogP contribution in [0.3, 0.4) is 0 Å². The van der Waals surface area contributed by atoms with Crippen LogP contribution in [0, 0.1) is 6.92 Å². The van der Waals surface area contributed by atoms with Crippen molar-refractivity contribution in [3.05, 3.63) is 113 Å². The molecule has 2 atom stereocenters. The van der Waals surface area contributed by atoms with Gasteiger partial charge in [-0.2, -0.15) is 0 Å². The highest BCUT2D eigenvalue weighted by Gasteiger charge is 2.57. The van der Waals surface area contributed by atoms with Gasteiger partial charge in [-0.25, -0.2) is 0 Å². The molecule has 4 nitrogen and oxygen atoms in total. The van der Waals surface area contributed by atoms with E-state index in [1.54, 1.807) is 0 Å². The summed E-state index contributed by atoms with van der Waals surface area (Å²) in [7, 11) is 0. The van der Waals surface area contributed by atoms with E-state index in [1.165, 1.54) is 5.56 Å². The predicted molar refractivity (Wildman–Crippen MR) is 125 cm³/mol. The number of aryl methyl sites for hydroxylation is 2. The first kappa shape index (κ1) is 18.9. The molecule has 6 rings (SSSR count). The van der Waals surface area contributed by atoms with Gasteiger partial charge in [0.15, 0.2) is 0 Å². The van der Waals surface area contributed by atoms with E-state index in [0.717, 1.165) is 33.4 Å². The molecule has 4 aromatic rings. The normalized spacial score (nSPS) is 22.0. The van der Waals surface area contributed by atoms with Crippen molar-refractivity contribution in [2.45, 2.75) is 31.3 Å². The molecule has 0 saturated heterocycles. The van der Waals surface area contributed by atoms with Crippen molar-refractivity contribution < 1.29 is 9.63 Å². The van der Waals surface area contributed by atoms with Gasteiger partial charge >= 0.3 is 0 Å². The number of nitrogens with zero attached hydrogens (tertiary/aromatic N) is 2. The average Bonchev–Trinajstić information content (AvgIpc) is 3.22. The smallest absolute Gasteiger partial charge is 0.212 e. The van der Waals surface area contributed by atoms with Crippen LogP contribution < -0.4 is 0 Å². The summed E-state index contributed by atoms with van der Waals surface area (Å²) < 4.78 is 0. The molecule has 2 heterocycles. The number of oxime groups is 1. The summed E-state index contributed by atoms with van der Waals surface area (Å²) in [6.45, 7) is 2.07. The molecule has 3 aromatic carbocycles. The standard InChI is InChI=1S/C28H22N2O2/c1-18-11-13-19(14-12-18)25-26(20-7-3-2-4-8-20)30-32-28(25)16-15-24-22(27(28)31)17-21-9-5-6-10-23(21)29-24/h2-14,17,25H,15-16H2,1H3/t25-,28-/m1/s1. The summed E-state index contributed by atoms with van der Waals surface area (Å²) >= 11 is 0. The summed E-state index contributed by atoms with van der Waals surface area (Å²) in [4.78, 5) is 25.0. The Labute approximate surface area is 186 Å². The Balaban J connectivity index is 1.51. The third-order valence-corrected chi connectivity index (χ3v) is 6.69. The van der Waals surface area contributed by atoms with Crippen molar-refractivity contribution in [1.29, 1.82) is 0 Å². The first-order valence-corrected chi connectivity index (χ1v) is 11.0. The largest absolute Gasteiger partial charge is 0.379 e. The van der Waals surface area contributed by atoms with Crippen molar-refractivity contribution in [3.63, 3.8) is 0 Å². The number of carbonyl (C=O) groups excluding carboxylic acids is 1. The SMILES string of the molecule is Cc1ccc([C@@H]2C(c3ccccc3)=NO[C@]23CCc2nc4ccccc4cc2C3=O)cc1. The molecular formula is C28H22N2O2. The second-order valence-electron chi connectivity index (χ2n) is 8.67. The lowest BCUT2D eigenvalue weighted by Crippen LogP contribution is -2.48. The van der Waals surface area contributed by atoms with Crippen LogP contribution in [0.4, 0.5) is 0 Å². The van der Waals surface area contributed by atoms with Gasteiger partial charge in [0.25, 0.3) is 0 Å². The fourth-order valence-electron chi connectivity index (χ4n) is 5.02. The van der Waals surface area contributed by atoms with E-state index in [4.69, 9.17) is 9.82 Å². The van der Waals surface area contributed by atoms with Crippen LogP contribution >= 0.6 is 0 Å². The highest BCUT2D eigenvalue weighted by molar-refractivity contribution is 6.15. The zero-order valence-corrected chi connectivity index (χ0v) is 17.8. The van der Waals surface area contributed by atoms with Crippen molar-refractivity contribution >= 4 is 22.4 Å². The van der Waals surface area contributed by atoms with E-state index in [9.17, 15) is 4.79 Å². The van der Waals surface area contributed by atoms with E-state index in [2.05, 4.69) is 36.3 Å². The summed E-state index contributed by atoms with van der Waals surface area (Å²) in [5.74, 6) is -0.310. The molecule has 1 spiro atoms. The van der Waals surface area contributed by atoms with Gasteiger partial charge in [0.05, 0.1) is 22.8 Å². The quantitative estimate of drug-likeness (QED) is 0.424. The van der Waals surface area contributed by atoms with E-state index in [0.29, 0.717) is 18.4 Å². The van der Waals surface area contributed by atoms with Gasteiger partial charge in [-0.15, -0.1) is 0 Å². The Bertz CT molecular complexity index is 1380. The highest BCUT2D eigenvalue weighted by atomic mass is 16.7. The van der Waals surface area contributed by atoms with E-state index >= 15 is 0 Å². The van der Waals surface area contributed by atoms with Crippen molar-refractivity contribution in [2.75, 3.05) is 0 Å². The van der Waals surface area contributed by atoms with Crippen LogP contribution in [0.1, 0.15) is 45.1 Å². The number of fused-ring (bicyclic) bond motifs is 2. The lowest BCUT2D eigenvalue weighted by molar-refractivity contribution is -0.0198. The van der Waals surface area contributed by atoms with Gasteiger partial charge in [-0.1, -0.05) is 83.5 Å². The number of aromatic nitrogens is 1. The van der Waals surface area contributed by atoms with E-state index < -0.39 is 5.60 Å². The molecule has 156 valence electrons. The zero-order valence-electron chi connectivity index (χ0n) is 17.8. The Morgan fingerprint density at radius 3 is 2.50 bits per heavy atom. The van der Waals surface area contributed by atoms with Crippen molar-refractivity contribution in [2.24, 2.45) is 5.16 Å². The lowest BCUT2D eigenvalue weighted by atomic mass is 9.68. The fraction of sp³-hybridized carbons (Fsp3) is 0.179. The molecule has 0 bridgehead atoms. The van der Waals surface area contributed by atoms with Crippen LogP contribution in [0.15, 0.2) is 90.1 Å². The van der Waals surface area contributed by atoms with Crippen LogP contribution in [0.25, 0.3) is 10.9 Å². The Hall–Kier alpha value is -3.79. The Morgan fingerprint density at radius 2 is 1.69 bits per heavy atom. The summed E-state index contributed by atoms with van der Waals surface area (Å²) in [6.07, 6.45) is 1.22. The van der Waals surface area contributed by atoms with Crippen LogP contribution in [0.2, 0.25) is 0 Å². The third-order valence-electron chi connectivity index (χ3n) is 6.69. The number of hydrogen-bond acceptors (Lipinski definition) is 4. The molecule has 2 aliphatic rings. The predicted octanol–water partition coefficient (Wildman–Crippen LogP) is 5.63. The maximum absolute atomic E-state index is 14.1. The summed E-state index contributed by atoms with van der Waals surface area (Å²) in [5.41, 5.74) is 5.36. The number of para-hydroxylation sites is 1. The van der Waals surface area contributed by atoms with Gasteiger partial charge in [0, 0.05) is 22.9 Å². The van der Waals surface area contributed by atoms with Gasteiger partial charge in [-0.3, -0.25) is 9.78 Å². The van der Waals surface area contributed by atoms with Gasteiger partial charge in [-0.05, 0) is 31.0 Å². The topological polar surface area (TPSA) is 51.6 Å². The zero-order chi connectivity index (χ0) is 21.7. The van der Waals surface area contributed by atoms with Crippen LogP contribution in [0.5, 0.6) is 0 Å².